The lowest BCUT2D eigenvalue weighted by molar-refractivity contribution is -0.142. The monoisotopic (exact) mass is 232 g/mol. The Hall–Kier alpha value is -1.81. The van der Waals surface area contributed by atoms with E-state index in [0.717, 1.165) is 16.6 Å². The van der Waals surface area contributed by atoms with Gasteiger partial charge in [-0.15, -0.1) is 0 Å². The van der Waals surface area contributed by atoms with Gasteiger partial charge in [0.1, 0.15) is 6.04 Å². The molecule has 0 amide bonds. The minimum Gasteiger partial charge on any atom is -0.468 e. The first-order chi connectivity index (χ1) is 8.13. The van der Waals surface area contributed by atoms with E-state index >= 15 is 0 Å². The van der Waals surface area contributed by atoms with Gasteiger partial charge < -0.3 is 15.0 Å². The number of methoxy groups -OCH3 is 1. The number of aryl methyl sites for hydroxylation is 1. The molecule has 0 saturated carbocycles. The molecule has 0 fully saturated rings. The summed E-state index contributed by atoms with van der Waals surface area (Å²) >= 11 is 0. The smallest absolute Gasteiger partial charge is 0.323 e. The second-order valence-electron chi connectivity index (χ2n) is 4.09. The van der Waals surface area contributed by atoms with Gasteiger partial charge in [0.15, 0.2) is 0 Å². The molecular formula is C13H16N2O2. The first-order valence-electron chi connectivity index (χ1n) is 5.50. The minimum atomic E-state index is -0.608. The average molecular weight is 232 g/mol. The summed E-state index contributed by atoms with van der Waals surface area (Å²) in [6, 6.07) is 9.52. The van der Waals surface area contributed by atoms with Crippen LogP contribution in [0, 0.1) is 0 Å². The molecule has 90 valence electrons. The first kappa shape index (κ1) is 11.7. The van der Waals surface area contributed by atoms with E-state index in [2.05, 4.69) is 15.4 Å². The maximum Gasteiger partial charge on any atom is 0.323 e. The van der Waals surface area contributed by atoms with Crippen molar-refractivity contribution >= 4 is 16.9 Å². The molecule has 2 N–H and O–H groups in total. The largest absolute Gasteiger partial charge is 0.468 e. The number of fused-ring (bicyclic) bond motifs is 1. The van der Waals surface area contributed by atoms with Crippen LogP contribution in [-0.2, 0) is 23.0 Å². The summed E-state index contributed by atoms with van der Waals surface area (Å²) in [6.07, 6.45) is 0.484. The van der Waals surface area contributed by atoms with E-state index in [9.17, 15) is 4.79 Å². The summed E-state index contributed by atoms with van der Waals surface area (Å²) in [6.45, 7) is 0. The van der Waals surface area contributed by atoms with E-state index in [1.54, 1.807) is 0 Å². The number of rotatable bonds is 3. The molecule has 2 aromatic rings. The minimum absolute atomic E-state index is 0.379. The van der Waals surface area contributed by atoms with Gasteiger partial charge in [-0.05, 0) is 17.5 Å². The number of aromatic nitrogens is 1. The lowest BCUT2D eigenvalue weighted by Crippen LogP contribution is -2.34. The number of hydrogen-bond donors (Lipinski definition) is 1. The Labute approximate surface area is 100.0 Å². The Kier molecular flexibility index (Phi) is 3.15. The summed E-state index contributed by atoms with van der Waals surface area (Å²) in [5.74, 6) is -0.379. The predicted molar refractivity (Wildman–Crippen MR) is 66.6 cm³/mol. The number of para-hydroxylation sites is 1. The number of nitrogens with zero attached hydrogens (tertiary/aromatic N) is 1. The highest BCUT2D eigenvalue weighted by atomic mass is 16.5. The van der Waals surface area contributed by atoms with Gasteiger partial charge in [-0.25, -0.2) is 0 Å². The maximum atomic E-state index is 11.3. The second-order valence-corrected chi connectivity index (χ2v) is 4.09. The van der Waals surface area contributed by atoms with Crippen LogP contribution < -0.4 is 5.73 Å². The summed E-state index contributed by atoms with van der Waals surface area (Å²) < 4.78 is 6.68. The van der Waals surface area contributed by atoms with Crippen LogP contribution in [0.4, 0.5) is 0 Å². The van der Waals surface area contributed by atoms with Gasteiger partial charge in [0, 0.05) is 24.7 Å². The van der Waals surface area contributed by atoms with E-state index in [4.69, 9.17) is 5.73 Å². The third-order valence-corrected chi connectivity index (χ3v) is 2.98. The molecule has 0 aliphatic heterocycles. The zero-order valence-corrected chi connectivity index (χ0v) is 10.0. The average Bonchev–Trinajstić information content (AvgIpc) is 2.66. The highest BCUT2D eigenvalue weighted by Crippen LogP contribution is 2.19. The van der Waals surface area contributed by atoms with Crippen molar-refractivity contribution in [3.63, 3.8) is 0 Å². The Bertz CT molecular complexity index is 545. The Morgan fingerprint density at radius 2 is 2.18 bits per heavy atom. The van der Waals surface area contributed by atoms with Crippen LogP contribution in [0.5, 0.6) is 0 Å². The Morgan fingerprint density at radius 1 is 1.47 bits per heavy atom. The molecule has 0 radical (unpaired) electrons. The van der Waals surface area contributed by atoms with Crippen LogP contribution in [0.2, 0.25) is 0 Å². The van der Waals surface area contributed by atoms with Gasteiger partial charge in [0.05, 0.1) is 7.11 Å². The molecule has 0 saturated heterocycles. The molecule has 1 atom stereocenters. The topological polar surface area (TPSA) is 57.2 Å². The SMILES string of the molecule is COC(=O)C(N)Cc1cc2ccccc2n1C. The fourth-order valence-corrected chi connectivity index (χ4v) is 2.00. The first-order valence-corrected chi connectivity index (χ1v) is 5.50. The highest BCUT2D eigenvalue weighted by Gasteiger charge is 2.16. The zero-order valence-electron chi connectivity index (χ0n) is 10.0. The zero-order chi connectivity index (χ0) is 12.4. The van der Waals surface area contributed by atoms with E-state index in [1.807, 2.05) is 31.3 Å². The summed E-state index contributed by atoms with van der Waals surface area (Å²) in [7, 11) is 3.32. The van der Waals surface area contributed by atoms with Gasteiger partial charge >= 0.3 is 5.97 Å². The van der Waals surface area contributed by atoms with Crippen molar-refractivity contribution in [2.75, 3.05) is 7.11 Å². The third-order valence-electron chi connectivity index (χ3n) is 2.98. The van der Waals surface area contributed by atoms with Crippen LogP contribution >= 0.6 is 0 Å². The number of esters is 1. The molecule has 0 aliphatic rings. The molecule has 1 aromatic carbocycles. The summed E-state index contributed by atoms with van der Waals surface area (Å²) in [5.41, 5.74) is 7.93. The molecule has 0 bridgehead atoms. The van der Waals surface area contributed by atoms with Crippen molar-refractivity contribution < 1.29 is 9.53 Å². The number of carbonyl (C=O) groups is 1. The molecular weight excluding hydrogens is 216 g/mol. The molecule has 1 aromatic heterocycles. The van der Waals surface area contributed by atoms with Gasteiger partial charge in [-0.3, -0.25) is 4.79 Å². The summed E-state index contributed by atoms with van der Waals surface area (Å²) in [5, 5.41) is 1.15. The maximum absolute atomic E-state index is 11.3. The van der Waals surface area contributed by atoms with Crippen LogP contribution in [0.25, 0.3) is 10.9 Å². The van der Waals surface area contributed by atoms with Crippen molar-refractivity contribution in [3.8, 4) is 0 Å². The van der Waals surface area contributed by atoms with Crippen molar-refractivity contribution in [2.45, 2.75) is 12.5 Å². The molecule has 0 aliphatic carbocycles. The quantitative estimate of drug-likeness (QED) is 0.809. The number of nitrogens with two attached hydrogens (primary N) is 1. The predicted octanol–water partition coefficient (Wildman–Crippen LogP) is 1.22. The van der Waals surface area contributed by atoms with Crippen LogP contribution in [0.1, 0.15) is 5.69 Å². The molecule has 4 heteroatoms. The van der Waals surface area contributed by atoms with Crippen LogP contribution in [-0.4, -0.2) is 23.7 Å². The standard InChI is InChI=1S/C13H16N2O2/c1-15-10(8-11(14)13(16)17-2)7-9-5-3-4-6-12(9)15/h3-7,11H,8,14H2,1-2H3. The molecule has 2 rings (SSSR count). The summed E-state index contributed by atoms with van der Waals surface area (Å²) in [4.78, 5) is 11.3. The van der Waals surface area contributed by atoms with Crippen molar-refractivity contribution in [2.24, 2.45) is 12.8 Å². The number of carbonyl (C=O) groups excluding carboxylic acids is 1. The van der Waals surface area contributed by atoms with E-state index in [-0.39, 0.29) is 5.97 Å². The molecule has 1 heterocycles. The number of benzene rings is 1. The Balaban J connectivity index is 2.30. The fourth-order valence-electron chi connectivity index (χ4n) is 2.00. The van der Waals surface area contributed by atoms with Crippen molar-refractivity contribution in [1.82, 2.24) is 4.57 Å². The van der Waals surface area contributed by atoms with Gasteiger partial charge in [0.25, 0.3) is 0 Å². The molecule has 17 heavy (non-hydrogen) atoms. The van der Waals surface area contributed by atoms with E-state index in [0.29, 0.717) is 6.42 Å². The van der Waals surface area contributed by atoms with Crippen LogP contribution in [0.15, 0.2) is 30.3 Å². The molecule has 4 nitrogen and oxygen atoms in total. The lowest BCUT2D eigenvalue weighted by atomic mass is 10.1. The molecule has 1 unspecified atom stereocenters. The molecule has 0 spiro atoms. The van der Waals surface area contributed by atoms with Gasteiger partial charge in [-0.2, -0.15) is 0 Å². The van der Waals surface area contributed by atoms with Crippen molar-refractivity contribution in [1.29, 1.82) is 0 Å². The van der Waals surface area contributed by atoms with Crippen molar-refractivity contribution in [3.05, 3.63) is 36.0 Å². The van der Waals surface area contributed by atoms with Crippen LogP contribution in [0.3, 0.4) is 0 Å². The normalized spacial score (nSPS) is 12.6. The van der Waals surface area contributed by atoms with Gasteiger partial charge in [-0.1, -0.05) is 18.2 Å². The van der Waals surface area contributed by atoms with Gasteiger partial charge in [0.2, 0.25) is 0 Å². The van der Waals surface area contributed by atoms with E-state index < -0.39 is 6.04 Å². The lowest BCUT2D eigenvalue weighted by Gasteiger charge is -2.10. The fraction of sp³-hybridized carbons (Fsp3) is 0.308. The van der Waals surface area contributed by atoms with E-state index in [1.165, 1.54) is 7.11 Å². The number of ether oxygens (including phenoxy) is 1. The second kappa shape index (κ2) is 4.59. The number of hydrogen-bond acceptors (Lipinski definition) is 3. The Morgan fingerprint density at radius 3 is 2.82 bits per heavy atom. The third kappa shape index (κ3) is 2.17. The highest BCUT2D eigenvalue weighted by molar-refractivity contribution is 5.82.